The molecule has 30 heavy (non-hydrogen) atoms. The summed E-state index contributed by atoms with van der Waals surface area (Å²) in [6.45, 7) is 1.65. The van der Waals surface area contributed by atoms with E-state index in [9.17, 15) is 17.2 Å². The Morgan fingerprint density at radius 2 is 1.90 bits per heavy atom. The molecule has 164 valence electrons. The molecule has 0 amide bonds. The van der Waals surface area contributed by atoms with E-state index < -0.39 is 33.8 Å². The number of nitrogens with zero attached hydrogens (tertiary/aromatic N) is 2. The lowest BCUT2D eigenvalue weighted by molar-refractivity contribution is -0.0435. The molecule has 1 saturated carbocycles. The molecule has 4 aliphatic rings. The Bertz CT molecular complexity index is 980. The number of nitrogens with two attached hydrogens (primary N) is 1. The minimum absolute atomic E-state index is 0.00366. The molecule has 0 unspecified atom stereocenters. The first-order chi connectivity index (χ1) is 14.4. The molecule has 2 fully saturated rings. The normalized spacial score (nSPS) is 30.0. The fourth-order valence-electron chi connectivity index (χ4n) is 5.10. The van der Waals surface area contributed by atoms with E-state index in [1.807, 2.05) is 0 Å². The summed E-state index contributed by atoms with van der Waals surface area (Å²) >= 11 is 0. The van der Waals surface area contributed by atoms with E-state index in [4.69, 9.17) is 10.5 Å². The minimum Gasteiger partial charge on any atom is -0.370 e. The van der Waals surface area contributed by atoms with Gasteiger partial charge in [0.05, 0.1) is 17.9 Å². The predicted molar refractivity (Wildman–Crippen MR) is 108 cm³/mol. The maximum atomic E-state index is 14.2. The van der Waals surface area contributed by atoms with Crippen molar-refractivity contribution in [1.82, 2.24) is 9.21 Å². The summed E-state index contributed by atoms with van der Waals surface area (Å²) < 4.78 is 61.1. The van der Waals surface area contributed by atoms with Crippen LogP contribution in [0.15, 0.2) is 29.6 Å². The molecule has 6 nitrogen and oxygen atoms in total. The Morgan fingerprint density at radius 1 is 1.10 bits per heavy atom. The molecular formula is C21H27F2N3O3S. The van der Waals surface area contributed by atoms with Crippen molar-refractivity contribution in [2.75, 3.05) is 19.7 Å². The number of halogens is 2. The predicted octanol–water partition coefficient (Wildman–Crippen LogP) is 2.63. The van der Waals surface area contributed by atoms with Crippen LogP contribution < -0.4 is 5.73 Å². The lowest BCUT2D eigenvalue weighted by Gasteiger charge is -2.41. The lowest BCUT2D eigenvalue weighted by atomic mass is 9.93. The standard InChI is InChI=1S/C21H27F2N3O3S/c22-13-3-6-17(23)16(10-13)21-18(24)11-14(12-29-21)25-9-7-20-19(25)2-1-8-26(20)30(27,28)15-4-5-15/h3,6,10,14-15,18,21H,1-2,4-5,7-9,11-12,24H2/t14-,18+,21-/m1/s1. The molecule has 3 atom stereocenters. The largest absolute Gasteiger partial charge is 0.370 e. The summed E-state index contributed by atoms with van der Waals surface area (Å²) in [5.74, 6) is -1.03. The Balaban J connectivity index is 1.34. The molecule has 1 aromatic rings. The topological polar surface area (TPSA) is 75.9 Å². The average Bonchev–Trinajstić information content (AvgIpc) is 3.50. The first-order valence-corrected chi connectivity index (χ1v) is 12.2. The molecule has 2 N–H and O–H groups in total. The van der Waals surface area contributed by atoms with E-state index in [1.54, 1.807) is 4.31 Å². The molecule has 1 aliphatic carbocycles. The van der Waals surface area contributed by atoms with Gasteiger partial charge in [-0.15, -0.1) is 0 Å². The van der Waals surface area contributed by atoms with Crippen molar-refractivity contribution in [2.45, 2.75) is 62.0 Å². The number of sulfonamides is 1. The maximum absolute atomic E-state index is 14.2. The second-order valence-corrected chi connectivity index (χ2v) is 10.9. The molecule has 0 aromatic heterocycles. The number of rotatable bonds is 4. The fourth-order valence-corrected chi connectivity index (χ4v) is 7.08. The van der Waals surface area contributed by atoms with Gasteiger partial charge in [0.15, 0.2) is 0 Å². The Morgan fingerprint density at radius 3 is 2.63 bits per heavy atom. The van der Waals surface area contributed by atoms with Crippen LogP contribution in [0.25, 0.3) is 0 Å². The van der Waals surface area contributed by atoms with Crippen molar-refractivity contribution in [1.29, 1.82) is 0 Å². The highest BCUT2D eigenvalue weighted by molar-refractivity contribution is 7.90. The van der Waals surface area contributed by atoms with Gasteiger partial charge in [-0.25, -0.2) is 17.2 Å². The monoisotopic (exact) mass is 439 g/mol. The van der Waals surface area contributed by atoms with Crippen molar-refractivity contribution >= 4 is 10.0 Å². The van der Waals surface area contributed by atoms with E-state index in [0.717, 1.165) is 61.8 Å². The van der Waals surface area contributed by atoms with E-state index in [-0.39, 0.29) is 16.9 Å². The third-order valence-electron chi connectivity index (χ3n) is 6.70. The van der Waals surface area contributed by atoms with Crippen molar-refractivity contribution in [3.8, 4) is 0 Å². The Kier molecular flexibility index (Phi) is 5.02. The quantitative estimate of drug-likeness (QED) is 0.781. The van der Waals surface area contributed by atoms with Gasteiger partial charge in [-0.3, -0.25) is 4.31 Å². The van der Waals surface area contributed by atoms with Gasteiger partial charge < -0.3 is 15.4 Å². The van der Waals surface area contributed by atoms with Crippen molar-refractivity contribution in [2.24, 2.45) is 5.73 Å². The highest BCUT2D eigenvalue weighted by Gasteiger charge is 2.45. The summed E-state index contributed by atoms with van der Waals surface area (Å²) in [7, 11) is -3.25. The fraction of sp³-hybridized carbons (Fsp3) is 0.619. The molecule has 0 bridgehead atoms. The summed E-state index contributed by atoms with van der Waals surface area (Å²) in [6.07, 6.45) is 3.76. The Hall–Kier alpha value is -1.71. The molecule has 1 saturated heterocycles. The summed E-state index contributed by atoms with van der Waals surface area (Å²) in [4.78, 5) is 2.24. The molecule has 1 aromatic carbocycles. The molecule has 0 spiro atoms. The number of hydrogen-bond acceptors (Lipinski definition) is 5. The minimum atomic E-state index is -3.25. The molecule has 5 rings (SSSR count). The van der Waals surface area contributed by atoms with Gasteiger partial charge in [0.1, 0.15) is 17.7 Å². The van der Waals surface area contributed by atoms with Crippen molar-refractivity contribution in [3.63, 3.8) is 0 Å². The molecule has 3 aliphatic heterocycles. The molecule has 0 radical (unpaired) electrons. The van der Waals surface area contributed by atoms with Crippen molar-refractivity contribution in [3.05, 3.63) is 46.8 Å². The maximum Gasteiger partial charge on any atom is 0.237 e. The third kappa shape index (κ3) is 3.40. The van der Waals surface area contributed by atoms with E-state index in [1.165, 1.54) is 0 Å². The third-order valence-corrected chi connectivity index (χ3v) is 9.04. The van der Waals surface area contributed by atoms with Crippen LogP contribution in [0.4, 0.5) is 8.78 Å². The van der Waals surface area contributed by atoms with Crippen LogP contribution in [0, 0.1) is 11.6 Å². The first-order valence-electron chi connectivity index (χ1n) is 10.7. The number of ether oxygens (including phenoxy) is 1. The first kappa shape index (κ1) is 20.2. The number of allylic oxidation sites excluding steroid dienone is 1. The van der Waals surface area contributed by atoms with Gasteiger partial charge in [-0.1, -0.05) is 0 Å². The zero-order valence-electron chi connectivity index (χ0n) is 16.8. The smallest absolute Gasteiger partial charge is 0.237 e. The van der Waals surface area contributed by atoms with Gasteiger partial charge in [-0.05, 0) is 50.3 Å². The van der Waals surface area contributed by atoms with Crippen LogP contribution in [0.5, 0.6) is 0 Å². The number of hydrogen-bond donors (Lipinski definition) is 1. The van der Waals surface area contributed by atoms with Crippen LogP contribution in [0.1, 0.15) is 50.2 Å². The summed E-state index contributed by atoms with van der Waals surface area (Å²) in [6, 6.07) is 2.86. The van der Waals surface area contributed by atoms with E-state index in [2.05, 4.69) is 4.90 Å². The molecule has 3 heterocycles. The Labute approximate surface area is 175 Å². The summed E-state index contributed by atoms with van der Waals surface area (Å²) in [5, 5.41) is -0.216. The average molecular weight is 440 g/mol. The molecular weight excluding hydrogens is 412 g/mol. The molecule has 9 heteroatoms. The zero-order valence-corrected chi connectivity index (χ0v) is 17.6. The SMILES string of the molecule is N[C@H]1C[C@@H](N2CCC3=C2CCCN3S(=O)(=O)C2CC2)CO[C@@H]1c1cc(F)ccc1F. The van der Waals surface area contributed by atoms with E-state index >= 15 is 0 Å². The highest BCUT2D eigenvalue weighted by Crippen LogP contribution is 2.42. The van der Waals surface area contributed by atoms with Gasteiger partial charge in [0.25, 0.3) is 0 Å². The zero-order chi connectivity index (χ0) is 21.0. The highest BCUT2D eigenvalue weighted by atomic mass is 32.2. The van der Waals surface area contributed by atoms with Gasteiger partial charge in [-0.2, -0.15) is 0 Å². The second-order valence-electron chi connectivity index (χ2n) is 8.73. The van der Waals surface area contributed by atoms with Crippen LogP contribution in [0.2, 0.25) is 0 Å². The van der Waals surface area contributed by atoms with Gasteiger partial charge in [0, 0.05) is 42.5 Å². The van der Waals surface area contributed by atoms with Crippen LogP contribution in [-0.2, 0) is 14.8 Å². The van der Waals surface area contributed by atoms with Gasteiger partial charge in [0.2, 0.25) is 10.0 Å². The number of benzene rings is 1. The van der Waals surface area contributed by atoms with E-state index in [0.29, 0.717) is 26.0 Å². The van der Waals surface area contributed by atoms with Gasteiger partial charge >= 0.3 is 0 Å². The second kappa shape index (κ2) is 7.46. The lowest BCUT2D eigenvalue weighted by Crippen LogP contribution is -2.48. The van der Waals surface area contributed by atoms with Crippen molar-refractivity contribution < 1.29 is 21.9 Å². The van der Waals surface area contributed by atoms with Crippen LogP contribution in [-0.4, -0.2) is 54.7 Å². The van der Waals surface area contributed by atoms with Crippen LogP contribution >= 0.6 is 0 Å². The van der Waals surface area contributed by atoms with Crippen LogP contribution in [0.3, 0.4) is 0 Å². The summed E-state index contributed by atoms with van der Waals surface area (Å²) in [5.41, 5.74) is 8.51.